The van der Waals surface area contributed by atoms with E-state index in [0.717, 1.165) is 5.69 Å². The van der Waals surface area contributed by atoms with Crippen molar-refractivity contribution in [3.05, 3.63) is 24.5 Å². The lowest BCUT2D eigenvalue weighted by atomic mass is 10.1. The fourth-order valence-electron chi connectivity index (χ4n) is 2.30. The maximum atomic E-state index is 4.13. The van der Waals surface area contributed by atoms with Gasteiger partial charge in [-0.2, -0.15) is 0 Å². The van der Waals surface area contributed by atoms with Gasteiger partial charge < -0.3 is 10.2 Å². The van der Waals surface area contributed by atoms with Crippen LogP contribution < -0.4 is 5.32 Å². The third-order valence-electron chi connectivity index (χ3n) is 3.30. The Hall–Kier alpha value is -1.09. The zero-order chi connectivity index (χ0) is 11.2. The minimum absolute atomic E-state index is 0.612. The molecule has 0 spiro atoms. The summed E-state index contributed by atoms with van der Waals surface area (Å²) in [6, 6.07) is 4.69. The van der Waals surface area contributed by atoms with Gasteiger partial charge in [-0.25, -0.2) is 0 Å². The van der Waals surface area contributed by atoms with Crippen LogP contribution in [0.4, 0.5) is 5.69 Å². The Labute approximate surface area is 97.9 Å². The second kappa shape index (κ2) is 5.85. The number of hydrogen-bond donors (Lipinski definition) is 1. The number of nitrogens with zero attached hydrogens (tertiary/aromatic N) is 2. The molecule has 1 N–H and O–H groups in total. The molecule has 1 unspecified atom stereocenters. The third-order valence-corrected chi connectivity index (χ3v) is 3.30. The maximum absolute atomic E-state index is 4.13. The Balaban J connectivity index is 1.86. The van der Waals surface area contributed by atoms with Crippen LogP contribution in [0.5, 0.6) is 0 Å². The van der Waals surface area contributed by atoms with Crippen LogP contribution in [-0.2, 0) is 0 Å². The monoisotopic (exact) mass is 219 g/mol. The summed E-state index contributed by atoms with van der Waals surface area (Å²) in [5.41, 5.74) is 1.15. The van der Waals surface area contributed by atoms with Gasteiger partial charge in [0.1, 0.15) is 0 Å². The summed E-state index contributed by atoms with van der Waals surface area (Å²) in [5.74, 6) is 0. The van der Waals surface area contributed by atoms with Crippen LogP contribution in [0.1, 0.15) is 26.2 Å². The van der Waals surface area contributed by atoms with Crippen LogP contribution in [0, 0.1) is 0 Å². The van der Waals surface area contributed by atoms with E-state index in [1.54, 1.807) is 0 Å². The predicted octanol–water partition coefficient (Wildman–Crippen LogP) is 2.37. The summed E-state index contributed by atoms with van der Waals surface area (Å²) in [6.07, 6.45) is 7.53. The van der Waals surface area contributed by atoms with Crippen molar-refractivity contribution in [2.24, 2.45) is 0 Å². The van der Waals surface area contributed by atoms with Gasteiger partial charge in [0.2, 0.25) is 0 Å². The largest absolute Gasteiger partial charge is 0.381 e. The number of hydrogen-bond acceptors (Lipinski definition) is 3. The van der Waals surface area contributed by atoms with Gasteiger partial charge in [0.25, 0.3) is 0 Å². The number of anilines is 1. The Bertz CT molecular complexity index is 299. The molecule has 1 atom stereocenters. The molecule has 1 saturated heterocycles. The van der Waals surface area contributed by atoms with Crippen molar-refractivity contribution in [2.75, 3.05) is 25.0 Å². The molecule has 88 valence electrons. The molecule has 1 aliphatic rings. The highest BCUT2D eigenvalue weighted by Gasteiger charge is 2.15. The van der Waals surface area contributed by atoms with Crippen molar-refractivity contribution in [3.8, 4) is 0 Å². The van der Waals surface area contributed by atoms with Gasteiger partial charge >= 0.3 is 0 Å². The summed E-state index contributed by atoms with van der Waals surface area (Å²) in [6.45, 7) is 5.89. The summed E-state index contributed by atoms with van der Waals surface area (Å²) < 4.78 is 0. The summed E-state index contributed by atoms with van der Waals surface area (Å²) >= 11 is 0. The minimum atomic E-state index is 0.612. The van der Waals surface area contributed by atoms with Crippen molar-refractivity contribution in [2.45, 2.75) is 32.2 Å². The summed E-state index contributed by atoms with van der Waals surface area (Å²) in [4.78, 5) is 6.66. The van der Waals surface area contributed by atoms with Gasteiger partial charge in [-0.1, -0.05) is 6.92 Å². The quantitative estimate of drug-likeness (QED) is 0.846. The van der Waals surface area contributed by atoms with Gasteiger partial charge in [0, 0.05) is 25.0 Å². The fourth-order valence-corrected chi connectivity index (χ4v) is 2.30. The first kappa shape index (κ1) is 11.4. The predicted molar refractivity (Wildman–Crippen MR) is 67.6 cm³/mol. The van der Waals surface area contributed by atoms with Crippen LogP contribution >= 0.6 is 0 Å². The zero-order valence-electron chi connectivity index (χ0n) is 10.0. The van der Waals surface area contributed by atoms with Crippen LogP contribution in [0.3, 0.4) is 0 Å². The molecular formula is C13H21N3. The van der Waals surface area contributed by atoms with E-state index in [0.29, 0.717) is 6.04 Å². The van der Waals surface area contributed by atoms with E-state index >= 15 is 0 Å². The molecule has 1 aromatic rings. The SMILES string of the molecule is CCN1CCCC(Nc2cccnc2)CC1. The van der Waals surface area contributed by atoms with Crippen molar-refractivity contribution in [1.82, 2.24) is 9.88 Å². The van der Waals surface area contributed by atoms with Gasteiger partial charge in [-0.3, -0.25) is 4.98 Å². The standard InChI is InChI=1S/C13H21N3/c1-2-16-9-4-6-12(7-10-16)15-13-5-3-8-14-11-13/h3,5,8,11-12,15H,2,4,6-7,9-10H2,1H3. The Morgan fingerprint density at radius 1 is 1.44 bits per heavy atom. The highest BCUT2D eigenvalue weighted by Crippen LogP contribution is 2.15. The molecule has 1 aromatic heterocycles. The smallest absolute Gasteiger partial charge is 0.0528 e. The highest BCUT2D eigenvalue weighted by molar-refractivity contribution is 5.40. The average molecular weight is 219 g/mol. The van der Waals surface area contributed by atoms with Crippen LogP contribution in [0.15, 0.2) is 24.5 Å². The zero-order valence-corrected chi connectivity index (χ0v) is 10.0. The van der Waals surface area contributed by atoms with E-state index < -0.39 is 0 Å². The molecule has 3 nitrogen and oxygen atoms in total. The summed E-state index contributed by atoms with van der Waals surface area (Å²) in [7, 11) is 0. The van der Waals surface area contributed by atoms with Crippen molar-refractivity contribution < 1.29 is 0 Å². The number of aromatic nitrogens is 1. The fraction of sp³-hybridized carbons (Fsp3) is 0.615. The molecule has 1 fully saturated rings. The molecule has 0 aliphatic carbocycles. The van der Waals surface area contributed by atoms with E-state index in [-0.39, 0.29) is 0 Å². The number of rotatable bonds is 3. The van der Waals surface area contributed by atoms with Crippen LogP contribution in [-0.4, -0.2) is 35.6 Å². The Morgan fingerprint density at radius 3 is 3.12 bits per heavy atom. The van der Waals surface area contributed by atoms with E-state index in [1.807, 2.05) is 18.5 Å². The molecule has 2 rings (SSSR count). The number of nitrogens with one attached hydrogen (secondary N) is 1. The number of pyridine rings is 1. The topological polar surface area (TPSA) is 28.2 Å². The second-order valence-electron chi connectivity index (χ2n) is 4.45. The van der Waals surface area contributed by atoms with Crippen molar-refractivity contribution >= 4 is 5.69 Å². The molecule has 3 heteroatoms. The third kappa shape index (κ3) is 3.20. The lowest BCUT2D eigenvalue weighted by molar-refractivity contribution is 0.300. The number of likely N-dealkylation sites (tertiary alicyclic amines) is 1. The molecule has 0 radical (unpaired) electrons. The molecule has 0 amide bonds. The summed E-state index contributed by atoms with van der Waals surface area (Å²) in [5, 5.41) is 3.58. The Kier molecular flexibility index (Phi) is 4.17. The minimum Gasteiger partial charge on any atom is -0.381 e. The lowest BCUT2D eigenvalue weighted by Crippen LogP contribution is -2.26. The van der Waals surface area contributed by atoms with Crippen molar-refractivity contribution in [1.29, 1.82) is 0 Å². The van der Waals surface area contributed by atoms with Crippen LogP contribution in [0.2, 0.25) is 0 Å². The lowest BCUT2D eigenvalue weighted by Gasteiger charge is -2.19. The van der Waals surface area contributed by atoms with Gasteiger partial charge in [-0.05, 0) is 44.5 Å². The van der Waals surface area contributed by atoms with Crippen molar-refractivity contribution in [3.63, 3.8) is 0 Å². The molecule has 0 aromatic carbocycles. The van der Waals surface area contributed by atoms with Gasteiger partial charge in [0.15, 0.2) is 0 Å². The van der Waals surface area contributed by atoms with E-state index in [9.17, 15) is 0 Å². The van der Waals surface area contributed by atoms with E-state index in [1.165, 1.54) is 38.9 Å². The normalized spacial score (nSPS) is 22.7. The first-order valence-electron chi connectivity index (χ1n) is 6.27. The van der Waals surface area contributed by atoms with Gasteiger partial charge in [-0.15, -0.1) is 0 Å². The van der Waals surface area contributed by atoms with Crippen LogP contribution in [0.25, 0.3) is 0 Å². The van der Waals surface area contributed by atoms with E-state index in [2.05, 4.69) is 28.2 Å². The van der Waals surface area contributed by atoms with Gasteiger partial charge in [0.05, 0.1) is 5.69 Å². The first-order valence-corrected chi connectivity index (χ1v) is 6.27. The Morgan fingerprint density at radius 2 is 2.38 bits per heavy atom. The molecule has 2 heterocycles. The molecule has 0 saturated carbocycles. The molecule has 0 bridgehead atoms. The molecule has 1 aliphatic heterocycles. The molecule has 16 heavy (non-hydrogen) atoms. The molecular weight excluding hydrogens is 198 g/mol. The first-order chi connectivity index (χ1) is 7.88. The van der Waals surface area contributed by atoms with E-state index in [4.69, 9.17) is 0 Å². The highest BCUT2D eigenvalue weighted by atomic mass is 15.1. The maximum Gasteiger partial charge on any atom is 0.0528 e. The second-order valence-corrected chi connectivity index (χ2v) is 4.45. The average Bonchev–Trinajstić information content (AvgIpc) is 2.56.